The lowest BCUT2D eigenvalue weighted by atomic mass is 9.55. The van der Waals surface area contributed by atoms with Gasteiger partial charge in [-0.1, -0.05) is 13.8 Å². The molecule has 0 aromatic heterocycles. The predicted octanol–water partition coefficient (Wildman–Crippen LogP) is 2.58. The molecule has 2 aliphatic rings. The molecule has 1 spiro atoms. The van der Waals surface area contributed by atoms with Gasteiger partial charge in [0, 0.05) is 5.41 Å². The molecular formula is C11H20O2. The van der Waals surface area contributed by atoms with E-state index in [0.717, 1.165) is 13.2 Å². The molecule has 0 atom stereocenters. The first-order valence-electron chi connectivity index (χ1n) is 5.11. The third-order valence-electron chi connectivity index (χ3n) is 3.16. The van der Waals surface area contributed by atoms with Crippen molar-refractivity contribution in [2.24, 2.45) is 10.8 Å². The zero-order chi connectivity index (χ0) is 9.74. The van der Waals surface area contributed by atoms with Crippen molar-refractivity contribution in [2.45, 2.75) is 46.3 Å². The second kappa shape index (κ2) is 2.48. The fourth-order valence-electron chi connectivity index (χ4n) is 2.92. The van der Waals surface area contributed by atoms with Gasteiger partial charge in [0.25, 0.3) is 0 Å². The summed E-state index contributed by atoms with van der Waals surface area (Å²) >= 11 is 0. The molecule has 1 aliphatic carbocycles. The zero-order valence-electron chi connectivity index (χ0n) is 9.14. The molecule has 0 unspecified atom stereocenters. The summed E-state index contributed by atoms with van der Waals surface area (Å²) in [6.45, 7) is 10.4. The van der Waals surface area contributed by atoms with E-state index in [0.29, 0.717) is 10.8 Å². The Labute approximate surface area is 80.6 Å². The lowest BCUT2D eigenvalue weighted by Crippen LogP contribution is -2.55. The number of hydrogen-bond acceptors (Lipinski definition) is 2. The van der Waals surface area contributed by atoms with Crippen LogP contribution in [0.4, 0.5) is 0 Å². The maximum atomic E-state index is 5.69. The van der Waals surface area contributed by atoms with Gasteiger partial charge >= 0.3 is 0 Å². The van der Waals surface area contributed by atoms with E-state index < -0.39 is 0 Å². The lowest BCUT2D eigenvalue weighted by molar-refractivity contribution is -0.310. The maximum Gasteiger partial charge on any atom is 0.162 e. The highest BCUT2D eigenvalue weighted by Crippen LogP contribution is 2.56. The van der Waals surface area contributed by atoms with E-state index in [2.05, 4.69) is 13.8 Å². The first-order valence-corrected chi connectivity index (χ1v) is 5.11. The van der Waals surface area contributed by atoms with E-state index in [4.69, 9.17) is 9.47 Å². The monoisotopic (exact) mass is 184 g/mol. The summed E-state index contributed by atoms with van der Waals surface area (Å²) < 4.78 is 11.4. The van der Waals surface area contributed by atoms with Crippen LogP contribution in [0, 0.1) is 10.8 Å². The van der Waals surface area contributed by atoms with Gasteiger partial charge in [-0.25, -0.2) is 0 Å². The molecule has 1 heterocycles. The topological polar surface area (TPSA) is 18.5 Å². The minimum Gasteiger partial charge on any atom is -0.350 e. The van der Waals surface area contributed by atoms with Crippen LogP contribution in [0.5, 0.6) is 0 Å². The molecule has 0 bridgehead atoms. The van der Waals surface area contributed by atoms with Gasteiger partial charge in [-0.2, -0.15) is 0 Å². The Morgan fingerprint density at radius 2 is 1.31 bits per heavy atom. The highest BCUT2D eigenvalue weighted by atomic mass is 16.7. The molecule has 1 saturated carbocycles. The van der Waals surface area contributed by atoms with E-state index in [1.807, 2.05) is 13.8 Å². The summed E-state index contributed by atoms with van der Waals surface area (Å²) in [5, 5.41) is 0. The molecule has 1 saturated heterocycles. The quantitative estimate of drug-likeness (QED) is 0.576. The average molecular weight is 184 g/mol. The SMILES string of the molecule is CC1(C)CC2(COC(C)(C)OC2)C1. The standard InChI is InChI=1S/C11H20O2/c1-9(2)5-11(6-9)7-12-10(3,4)13-8-11/h5-8H2,1-4H3. The first kappa shape index (κ1) is 9.47. The van der Waals surface area contributed by atoms with Crippen molar-refractivity contribution in [1.29, 1.82) is 0 Å². The van der Waals surface area contributed by atoms with Gasteiger partial charge in [-0.3, -0.25) is 0 Å². The predicted molar refractivity (Wildman–Crippen MR) is 51.4 cm³/mol. The van der Waals surface area contributed by atoms with E-state index in [-0.39, 0.29) is 5.79 Å². The van der Waals surface area contributed by atoms with E-state index >= 15 is 0 Å². The fraction of sp³-hybridized carbons (Fsp3) is 1.00. The van der Waals surface area contributed by atoms with E-state index in [9.17, 15) is 0 Å². The van der Waals surface area contributed by atoms with Crippen LogP contribution in [0.2, 0.25) is 0 Å². The lowest BCUT2D eigenvalue weighted by Gasteiger charge is -2.56. The Morgan fingerprint density at radius 3 is 1.69 bits per heavy atom. The molecule has 0 amide bonds. The van der Waals surface area contributed by atoms with Crippen molar-refractivity contribution in [3.05, 3.63) is 0 Å². The molecule has 2 fully saturated rings. The maximum absolute atomic E-state index is 5.69. The summed E-state index contributed by atoms with van der Waals surface area (Å²) in [5.74, 6) is -0.356. The Bertz CT molecular complexity index is 198. The molecule has 1 aliphatic heterocycles. The van der Waals surface area contributed by atoms with Gasteiger partial charge in [0.2, 0.25) is 0 Å². The highest BCUT2D eigenvalue weighted by molar-refractivity contribution is 5.00. The van der Waals surface area contributed by atoms with Crippen LogP contribution in [0.3, 0.4) is 0 Å². The molecule has 76 valence electrons. The molecule has 2 heteroatoms. The van der Waals surface area contributed by atoms with E-state index in [1.54, 1.807) is 0 Å². The third kappa shape index (κ3) is 1.75. The van der Waals surface area contributed by atoms with Crippen molar-refractivity contribution >= 4 is 0 Å². The van der Waals surface area contributed by atoms with Crippen molar-refractivity contribution < 1.29 is 9.47 Å². The highest BCUT2D eigenvalue weighted by Gasteiger charge is 2.52. The summed E-state index contributed by atoms with van der Waals surface area (Å²) in [5.41, 5.74) is 0.854. The van der Waals surface area contributed by atoms with Gasteiger partial charge in [0.15, 0.2) is 5.79 Å². The molecule has 0 N–H and O–H groups in total. The zero-order valence-corrected chi connectivity index (χ0v) is 9.14. The number of hydrogen-bond donors (Lipinski definition) is 0. The minimum absolute atomic E-state index is 0.346. The number of ether oxygens (including phenoxy) is 2. The van der Waals surface area contributed by atoms with Crippen LogP contribution in [0.25, 0.3) is 0 Å². The van der Waals surface area contributed by atoms with Crippen molar-refractivity contribution in [1.82, 2.24) is 0 Å². The Hall–Kier alpha value is -0.0800. The minimum atomic E-state index is -0.356. The largest absolute Gasteiger partial charge is 0.350 e. The molecule has 2 nitrogen and oxygen atoms in total. The van der Waals surface area contributed by atoms with Gasteiger partial charge in [-0.15, -0.1) is 0 Å². The number of rotatable bonds is 0. The van der Waals surface area contributed by atoms with Crippen molar-refractivity contribution in [3.63, 3.8) is 0 Å². The Kier molecular flexibility index (Phi) is 1.81. The van der Waals surface area contributed by atoms with Crippen molar-refractivity contribution in [3.8, 4) is 0 Å². The Balaban J connectivity index is 1.93. The van der Waals surface area contributed by atoms with Crippen LogP contribution >= 0.6 is 0 Å². The average Bonchev–Trinajstić information content (AvgIpc) is 1.92. The summed E-state index contributed by atoms with van der Waals surface area (Å²) in [7, 11) is 0. The van der Waals surface area contributed by atoms with Gasteiger partial charge in [0.05, 0.1) is 13.2 Å². The molecular weight excluding hydrogens is 164 g/mol. The smallest absolute Gasteiger partial charge is 0.162 e. The fourth-order valence-corrected chi connectivity index (χ4v) is 2.92. The molecule has 13 heavy (non-hydrogen) atoms. The van der Waals surface area contributed by atoms with Gasteiger partial charge < -0.3 is 9.47 Å². The van der Waals surface area contributed by atoms with Gasteiger partial charge in [0.1, 0.15) is 0 Å². The third-order valence-corrected chi connectivity index (χ3v) is 3.16. The van der Waals surface area contributed by atoms with Crippen LogP contribution in [-0.4, -0.2) is 19.0 Å². The van der Waals surface area contributed by atoms with Gasteiger partial charge in [-0.05, 0) is 32.1 Å². The molecule has 2 rings (SSSR count). The normalized spacial score (nSPS) is 34.2. The first-order chi connectivity index (χ1) is 5.83. The summed E-state index contributed by atoms with van der Waals surface area (Å²) in [6.07, 6.45) is 2.49. The molecule has 0 aromatic carbocycles. The van der Waals surface area contributed by atoms with Crippen LogP contribution in [0.1, 0.15) is 40.5 Å². The summed E-state index contributed by atoms with van der Waals surface area (Å²) in [4.78, 5) is 0. The Morgan fingerprint density at radius 1 is 0.846 bits per heavy atom. The second-order valence-corrected chi connectivity index (χ2v) is 5.99. The van der Waals surface area contributed by atoms with Crippen molar-refractivity contribution in [2.75, 3.05) is 13.2 Å². The summed E-state index contributed by atoms with van der Waals surface area (Å²) in [6, 6.07) is 0. The second-order valence-electron chi connectivity index (χ2n) is 5.99. The van der Waals surface area contributed by atoms with Crippen LogP contribution in [0.15, 0.2) is 0 Å². The van der Waals surface area contributed by atoms with E-state index in [1.165, 1.54) is 12.8 Å². The van der Waals surface area contributed by atoms with Crippen LogP contribution in [-0.2, 0) is 9.47 Å². The molecule has 0 aromatic rings. The molecule has 0 radical (unpaired) electrons. The van der Waals surface area contributed by atoms with Crippen LogP contribution < -0.4 is 0 Å².